The first-order valence-corrected chi connectivity index (χ1v) is 5.76. The normalized spacial score (nSPS) is 32.5. The van der Waals surface area contributed by atoms with E-state index in [1.807, 2.05) is 20.8 Å². The third-order valence-electron chi connectivity index (χ3n) is 2.96. The zero-order valence-electron chi connectivity index (χ0n) is 10.5. The van der Waals surface area contributed by atoms with Crippen LogP contribution < -0.4 is 5.32 Å². The SMILES string of the molecule is CC1CNC(C(=O)OC(C)(C)C)CC1C. The molecular formula is C12H23NO2. The Labute approximate surface area is 92.6 Å². The Morgan fingerprint density at radius 1 is 1.27 bits per heavy atom. The molecule has 1 rings (SSSR count). The molecule has 1 heterocycles. The van der Waals surface area contributed by atoms with Gasteiger partial charge in [0.05, 0.1) is 0 Å². The van der Waals surface area contributed by atoms with E-state index < -0.39 is 0 Å². The molecule has 0 bridgehead atoms. The Morgan fingerprint density at radius 3 is 2.33 bits per heavy atom. The van der Waals surface area contributed by atoms with E-state index in [0.29, 0.717) is 11.8 Å². The van der Waals surface area contributed by atoms with E-state index in [1.165, 1.54) is 0 Å². The van der Waals surface area contributed by atoms with Crippen LogP contribution in [0.25, 0.3) is 0 Å². The standard InChI is InChI=1S/C12H23NO2/c1-8-6-10(13-7-9(8)2)11(14)15-12(3,4)5/h8-10,13H,6-7H2,1-5H3. The lowest BCUT2D eigenvalue weighted by Gasteiger charge is -2.33. The van der Waals surface area contributed by atoms with Crippen LogP contribution in [0.2, 0.25) is 0 Å². The molecular weight excluding hydrogens is 190 g/mol. The highest BCUT2D eigenvalue weighted by atomic mass is 16.6. The molecule has 0 aliphatic carbocycles. The van der Waals surface area contributed by atoms with Gasteiger partial charge in [0.1, 0.15) is 11.6 Å². The summed E-state index contributed by atoms with van der Waals surface area (Å²) in [5.41, 5.74) is -0.384. The summed E-state index contributed by atoms with van der Waals surface area (Å²) in [5, 5.41) is 3.25. The molecule has 0 aromatic heterocycles. The number of rotatable bonds is 1. The number of esters is 1. The van der Waals surface area contributed by atoms with Gasteiger partial charge in [0.15, 0.2) is 0 Å². The van der Waals surface area contributed by atoms with E-state index in [4.69, 9.17) is 4.74 Å². The molecule has 0 saturated carbocycles. The number of piperidine rings is 1. The van der Waals surface area contributed by atoms with Gasteiger partial charge in [-0.1, -0.05) is 13.8 Å². The average Bonchev–Trinajstić information content (AvgIpc) is 2.06. The minimum Gasteiger partial charge on any atom is -0.459 e. The molecule has 1 N–H and O–H groups in total. The van der Waals surface area contributed by atoms with Crippen LogP contribution in [0.4, 0.5) is 0 Å². The van der Waals surface area contributed by atoms with Gasteiger partial charge in [0.2, 0.25) is 0 Å². The zero-order chi connectivity index (χ0) is 11.6. The molecule has 3 nitrogen and oxygen atoms in total. The van der Waals surface area contributed by atoms with Crippen LogP contribution in [0.15, 0.2) is 0 Å². The summed E-state index contributed by atoms with van der Waals surface area (Å²) in [6, 6.07) is -0.115. The summed E-state index contributed by atoms with van der Waals surface area (Å²) in [4.78, 5) is 11.8. The van der Waals surface area contributed by atoms with Crippen LogP contribution in [-0.2, 0) is 9.53 Å². The van der Waals surface area contributed by atoms with Gasteiger partial charge in [-0.15, -0.1) is 0 Å². The lowest BCUT2D eigenvalue weighted by Crippen LogP contribution is -2.48. The third-order valence-corrected chi connectivity index (χ3v) is 2.96. The van der Waals surface area contributed by atoms with Crippen molar-refractivity contribution in [2.75, 3.05) is 6.54 Å². The van der Waals surface area contributed by atoms with Crippen molar-refractivity contribution in [3.05, 3.63) is 0 Å². The van der Waals surface area contributed by atoms with Crippen molar-refractivity contribution in [1.82, 2.24) is 5.32 Å². The number of hydrogen-bond donors (Lipinski definition) is 1. The molecule has 1 saturated heterocycles. The quantitative estimate of drug-likeness (QED) is 0.677. The van der Waals surface area contributed by atoms with Crippen LogP contribution >= 0.6 is 0 Å². The van der Waals surface area contributed by atoms with Crippen molar-refractivity contribution in [2.45, 2.75) is 52.7 Å². The predicted molar refractivity (Wildman–Crippen MR) is 60.6 cm³/mol. The van der Waals surface area contributed by atoms with Crippen molar-refractivity contribution < 1.29 is 9.53 Å². The first-order chi connectivity index (χ1) is 6.79. The summed E-state index contributed by atoms with van der Waals surface area (Å²) >= 11 is 0. The zero-order valence-corrected chi connectivity index (χ0v) is 10.5. The summed E-state index contributed by atoms with van der Waals surface area (Å²) in [5.74, 6) is 1.12. The minimum atomic E-state index is -0.384. The Hall–Kier alpha value is -0.570. The Kier molecular flexibility index (Phi) is 3.77. The summed E-state index contributed by atoms with van der Waals surface area (Å²) in [6.45, 7) is 11.0. The summed E-state index contributed by atoms with van der Waals surface area (Å²) in [7, 11) is 0. The van der Waals surface area contributed by atoms with Crippen molar-refractivity contribution in [3.8, 4) is 0 Å². The number of nitrogens with one attached hydrogen (secondary N) is 1. The second-order valence-corrected chi connectivity index (χ2v) is 5.68. The fourth-order valence-electron chi connectivity index (χ4n) is 1.77. The van der Waals surface area contributed by atoms with Crippen molar-refractivity contribution in [3.63, 3.8) is 0 Å². The molecule has 88 valence electrons. The van der Waals surface area contributed by atoms with Gasteiger partial charge in [0.25, 0.3) is 0 Å². The van der Waals surface area contributed by atoms with Crippen LogP contribution in [0.5, 0.6) is 0 Å². The van der Waals surface area contributed by atoms with Crippen molar-refractivity contribution in [2.24, 2.45) is 11.8 Å². The number of carbonyl (C=O) groups is 1. The highest BCUT2D eigenvalue weighted by Crippen LogP contribution is 2.22. The summed E-state index contributed by atoms with van der Waals surface area (Å²) < 4.78 is 5.36. The van der Waals surface area contributed by atoms with Gasteiger partial charge in [-0.25, -0.2) is 0 Å². The number of ether oxygens (including phenoxy) is 1. The lowest BCUT2D eigenvalue weighted by molar-refractivity contribution is -0.158. The van der Waals surface area contributed by atoms with Gasteiger partial charge in [0, 0.05) is 0 Å². The van der Waals surface area contributed by atoms with Gasteiger partial charge < -0.3 is 10.1 Å². The Bertz CT molecular complexity index is 232. The maximum Gasteiger partial charge on any atom is 0.323 e. The molecule has 0 aromatic rings. The van der Waals surface area contributed by atoms with Crippen molar-refractivity contribution in [1.29, 1.82) is 0 Å². The highest BCUT2D eigenvalue weighted by molar-refractivity contribution is 5.76. The molecule has 1 fully saturated rings. The van der Waals surface area contributed by atoms with Gasteiger partial charge in [-0.3, -0.25) is 4.79 Å². The van der Waals surface area contributed by atoms with Crippen LogP contribution in [0.1, 0.15) is 41.0 Å². The molecule has 0 spiro atoms. The van der Waals surface area contributed by atoms with E-state index in [2.05, 4.69) is 19.2 Å². The summed E-state index contributed by atoms with van der Waals surface area (Å²) in [6.07, 6.45) is 0.885. The maximum atomic E-state index is 11.8. The van der Waals surface area contributed by atoms with Crippen LogP contribution in [0, 0.1) is 11.8 Å². The fourth-order valence-corrected chi connectivity index (χ4v) is 1.77. The molecule has 3 unspecified atom stereocenters. The van der Waals surface area contributed by atoms with E-state index in [0.717, 1.165) is 13.0 Å². The predicted octanol–water partition coefficient (Wildman–Crippen LogP) is 1.96. The molecule has 3 heteroatoms. The first kappa shape index (κ1) is 12.5. The number of hydrogen-bond acceptors (Lipinski definition) is 3. The topological polar surface area (TPSA) is 38.3 Å². The molecule has 0 aromatic carbocycles. The highest BCUT2D eigenvalue weighted by Gasteiger charge is 2.31. The number of carbonyl (C=O) groups excluding carboxylic acids is 1. The average molecular weight is 213 g/mol. The first-order valence-electron chi connectivity index (χ1n) is 5.76. The third kappa shape index (κ3) is 3.82. The van der Waals surface area contributed by atoms with Gasteiger partial charge >= 0.3 is 5.97 Å². The van der Waals surface area contributed by atoms with E-state index in [9.17, 15) is 4.79 Å². The minimum absolute atomic E-state index is 0.110. The molecule has 3 atom stereocenters. The molecule has 0 amide bonds. The van der Waals surface area contributed by atoms with E-state index in [-0.39, 0.29) is 17.6 Å². The van der Waals surface area contributed by atoms with E-state index in [1.54, 1.807) is 0 Å². The smallest absolute Gasteiger partial charge is 0.323 e. The second kappa shape index (κ2) is 4.52. The van der Waals surface area contributed by atoms with Crippen LogP contribution in [-0.4, -0.2) is 24.2 Å². The van der Waals surface area contributed by atoms with Gasteiger partial charge in [-0.2, -0.15) is 0 Å². The Morgan fingerprint density at radius 2 is 1.87 bits per heavy atom. The fraction of sp³-hybridized carbons (Fsp3) is 0.917. The van der Waals surface area contributed by atoms with E-state index >= 15 is 0 Å². The second-order valence-electron chi connectivity index (χ2n) is 5.68. The largest absolute Gasteiger partial charge is 0.459 e. The van der Waals surface area contributed by atoms with Crippen LogP contribution in [0.3, 0.4) is 0 Å². The maximum absolute atomic E-state index is 11.8. The molecule has 0 radical (unpaired) electrons. The Balaban J connectivity index is 2.48. The lowest BCUT2D eigenvalue weighted by atomic mass is 9.86. The monoisotopic (exact) mass is 213 g/mol. The van der Waals surface area contributed by atoms with Crippen molar-refractivity contribution >= 4 is 5.97 Å². The molecule has 1 aliphatic heterocycles. The molecule has 1 aliphatic rings. The molecule has 15 heavy (non-hydrogen) atoms. The van der Waals surface area contributed by atoms with Gasteiger partial charge in [-0.05, 0) is 45.6 Å².